The number of hydrogen-bond donors (Lipinski definition) is 2. The van der Waals surface area contributed by atoms with Crippen LogP contribution in [0.5, 0.6) is 0 Å². The van der Waals surface area contributed by atoms with Crippen molar-refractivity contribution in [3.63, 3.8) is 0 Å². The predicted octanol–water partition coefficient (Wildman–Crippen LogP) is 2.56. The van der Waals surface area contributed by atoms with Crippen molar-refractivity contribution in [2.45, 2.75) is 44.3 Å². The molecule has 28 heavy (non-hydrogen) atoms. The maximum atomic E-state index is 13.4. The molecule has 0 atom stereocenters. The van der Waals surface area contributed by atoms with Gasteiger partial charge in [-0.15, -0.1) is 0 Å². The first-order valence-corrected chi connectivity index (χ1v) is 8.97. The first-order chi connectivity index (χ1) is 13.2. The Hall–Kier alpha value is -2.68. The van der Waals surface area contributed by atoms with Crippen molar-refractivity contribution in [2.75, 3.05) is 6.54 Å². The Balaban J connectivity index is 2.05. The fourth-order valence-electron chi connectivity index (χ4n) is 3.58. The largest absolute Gasteiger partial charge is 0.418 e. The third-order valence-electron chi connectivity index (χ3n) is 5.09. The van der Waals surface area contributed by atoms with E-state index in [0.717, 1.165) is 29.7 Å². The first-order valence-electron chi connectivity index (χ1n) is 8.97. The van der Waals surface area contributed by atoms with Crippen LogP contribution in [0.3, 0.4) is 0 Å². The van der Waals surface area contributed by atoms with Gasteiger partial charge in [-0.25, -0.2) is 4.68 Å². The van der Waals surface area contributed by atoms with Gasteiger partial charge in [-0.2, -0.15) is 18.3 Å². The lowest BCUT2D eigenvalue weighted by molar-refractivity contribution is -0.137. The number of hydrogen-bond acceptors (Lipinski definition) is 4. The minimum absolute atomic E-state index is 0.188. The molecule has 9 heteroatoms. The number of amides is 1. The summed E-state index contributed by atoms with van der Waals surface area (Å²) >= 11 is 0. The van der Waals surface area contributed by atoms with E-state index < -0.39 is 34.3 Å². The van der Waals surface area contributed by atoms with Crippen molar-refractivity contribution in [3.8, 4) is 5.69 Å². The molecule has 0 radical (unpaired) electrons. The highest BCUT2D eigenvalue weighted by Crippen LogP contribution is 2.33. The van der Waals surface area contributed by atoms with Gasteiger partial charge in [-0.3, -0.25) is 9.59 Å². The van der Waals surface area contributed by atoms with Gasteiger partial charge in [-0.1, -0.05) is 25.0 Å². The van der Waals surface area contributed by atoms with Crippen LogP contribution in [-0.2, 0) is 6.18 Å². The van der Waals surface area contributed by atoms with Gasteiger partial charge < -0.3 is 11.1 Å². The highest BCUT2D eigenvalue weighted by molar-refractivity contribution is 5.92. The average molecular weight is 394 g/mol. The van der Waals surface area contributed by atoms with Gasteiger partial charge in [0.25, 0.3) is 5.91 Å². The third-order valence-corrected chi connectivity index (χ3v) is 5.09. The second-order valence-electron chi connectivity index (χ2n) is 7.07. The Kier molecular flexibility index (Phi) is 5.29. The number of nitrogens with zero attached hydrogens (tertiary/aromatic N) is 2. The summed E-state index contributed by atoms with van der Waals surface area (Å²) in [6.45, 7) is 1.68. The summed E-state index contributed by atoms with van der Waals surface area (Å²) < 4.78 is 41.1. The molecule has 3 rings (SSSR count). The molecule has 1 aliphatic rings. The fraction of sp³-hybridized carbons (Fsp3) is 0.421. The highest BCUT2D eigenvalue weighted by Gasteiger charge is 2.36. The molecule has 1 saturated carbocycles. The minimum Gasteiger partial charge on any atom is -0.344 e. The zero-order valence-corrected chi connectivity index (χ0v) is 15.3. The number of nitrogens with one attached hydrogen (secondary N) is 1. The molecule has 1 aliphatic carbocycles. The van der Waals surface area contributed by atoms with Crippen LogP contribution in [0, 0.1) is 6.92 Å². The van der Waals surface area contributed by atoms with E-state index in [-0.39, 0.29) is 17.9 Å². The number of para-hydroxylation sites is 1. The van der Waals surface area contributed by atoms with Gasteiger partial charge in [0.15, 0.2) is 5.69 Å². The lowest BCUT2D eigenvalue weighted by atomic mass is 9.97. The molecule has 0 spiro atoms. The number of halogens is 3. The smallest absolute Gasteiger partial charge is 0.344 e. The Morgan fingerprint density at radius 1 is 1.29 bits per heavy atom. The molecule has 150 valence electrons. The highest BCUT2D eigenvalue weighted by atomic mass is 19.4. The lowest BCUT2D eigenvalue weighted by Crippen LogP contribution is -2.52. The van der Waals surface area contributed by atoms with Crippen molar-refractivity contribution in [2.24, 2.45) is 5.73 Å². The number of rotatable bonds is 4. The van der Waals surface area contributed by atoms with Gasteiger partial charge in [0, 0.05) is 18.3 Å². The molecular formula is C19H21F3N4O2. The molecule has 0 saturated heterocycles. The molecule has 0 unspecified atom stereocenters. The molecular weight excluding hydrogens is 373 g/mol. The van der Waals surface area contributed by atoms with Crippen LogP contribution in [0.2, 0.25) is 0 Å². The molecule has 0 aliphatic heterocycles. The number of alkyl halides is 3. The van der Waals surface area contributed by atoms with E-state index in [0.29, 0.717) is 12.8 Å². The van der Waals surface area contributed by atoms with Gasteiger partial charge in [0.1, 0.15) is 0 Å². The number of aromatic nitrogens is 2. The quantitative estimate of drug-likeness (QED) is 0.834. The van der Waals surface area contributed by atoms with Gasteiger partial charge in [0.2, 0.25) is 5.43 Å². The molecule has 6 nitrogen and oxygen atoms in total. The van der Waals surface area contributed by atoms with E-state index in [4.69, 9.17) is 5.73 Å². The Bertz CT molecular complexity index is 947. The van der Waals surface area contributed by atoms with E-state index >= 15 is 0 Å². The number of nitrogens with two attached hydrogens (primary N) is 1. The Labute approximate surface area is 159 Å². The van der Waals surface area contributed by atoms with Gasteiger partial charge >= 0.3 is 6.18 Å². The van der Waals surface area contributed by atoms with Crippen LogP contribution in [0.4, 0.5) is 13.2 Å². The summed E-state index contributed by atoms with van der Waals surface area (Å²) in [6.07, 6.45) is -1.42. The van der Waals surface area contributed by atoms with E-state index in [2.05, 4.69) is 10.4 Å². The summed E-state index contributed by atoms with van der Waals surface area (Å²) in [5.41, 5.74) is 3.11. The summed E-state index contributed by atoms with van der Waals surface area (Å²) in [5, 5.41) is 6.76. The summed E-state index contributed by atoms with van der Waals surface area (Å²) in [4.78, 5) is 25.0. The number of carbonyl (C=O) groups excluding carboxylic acids is 1. The SMILES string of the molecule is Cc1cc(=O)c(C(=O)NC2(CN)CCCC2)nn1-c1ccccc1C(F)(F)F. The summed E-state index contributed by atoms with van der Waals surface area (Å²) in [6, 6.07) is 5.98. The number of benzene rings is 1. The number of aryl methyl sites for hydroxylation is 1. The molecule has 1 aromatic carbocycles. The maximum Gasteiger partial charge on any atom is 0.418 e. The summed E-state index contributed by atoms with van der Waals surface area (Å²) in [7, 11) is 0. The fourth-order valence-corrected chi connectivity index (χ4v) is 3.58. The van der Waals surface area contributed by atoms with Crippen LogP contribution in [0.15, 0.2) is 35.1 Å². The van der Waals surface area contributed by atoms with Crippen LogP contribution < -0.4 is 16.5 Å². The molecule has 1 heterocycles. The molecule has 3 N–H and O–H groups in total. The third kappa shape index (κ3) is 3.80. The second-order valence-corrected chi connectivity index (χ2v) is 7.07. The van der Waals surface area contributed by atoms with Gasteiger partial charge in [0.05, 0.1) is 16.8 Å². The lowest BCUT2D eigenvalue weighted by Gasteiger charge is -2.28. The van der Waals surface area contributed by atoms with Crippen LogP contribution >= 0.6 is 0 Å². The minimum atomic E-state index is -4.61. The maximum absolute atomic E-state index is 13.4. The predicted molar refractivity (Wildman–Crippen MR) is 97.3 cm³/mol. The molecule has 1 aromatic heterocycles. The normalized spacial score (nSPS) is 16.2. The number of carbonyl (C=O) groups is 1. The van der Waals surface area contributed by atoms with Crippen molar-refractivity contribution < 1.29 is 18.0 Å². The van der Waals surface area contributed by atoms with Crippen molar-refractivity contribution >= 4 is 5.91 Å². The van der Waals surface area contributed by atoms with Gasteiger partial charge in [-0.05, 0) is 31.9 Å². The van der Waals surface area contributed by atoms with Crippen molar-refractivity contribution in [3.05, 3.63) is 57.5 Å². The standard InChI is InChI=1S/C19H21F3N4O2/c1-12-10-15(27)16(17(28)24-18(11-23)8-4-5-9-18)25-26(12)14-7-3-2-6-13(14)19(20,21)22/h2-3,6-7,10H,4-5,8-9,11,23H2,1H3,(H,24,28). The van der Waals surface area contributed by atoms with Crippen LogP contribution in [0.25, 0.3) is 5.69 Å². The molecule has 1 amide bonds. The van der Waals surface area contributed by atoms with E-state index in [1.165, 1.54) is 25.1 Å². The Morgan fingerprint density at radius 2 is 1.93 bits per heavy atom. The Morgan fingerprint density at radius 3 is 2.54 bits per heavy atom. The molecule has 2 aromatic rings. The van der Waals surface area contributed by atoms with Crippen molar-refractivity contribution in [1.29, 1.82) is 0 Å². The molecule has 0 bridgehead atoms. The van der Waals surface area contributed by atoms with Crippen LogP contribution in [-0.4, -0.2) is 27.8 Å². The van der Waals surface area contributed by atoms with E-state index in [1.807, 2.05) is 0 Å². The zero-order chi connectivity index (χ0) is 20.5. The second kappa shape index (κ2) is 7.38. The summed E-state index contributed by atoms with van der Waals surface area (Å²) in [5.74, 6) is -0.726. The first kappa shape index (κ1) is 20.1. The monoisotopic (exact) mass is 394 g/mol. The van der Waals surface area contributed by atoms with Crippen molar-refractivity contribution in [1.82, 2.24) is 15.1 Å². The molecule has 1 fully saturated rings. The topological polar surface area (TPSA) is 90.0 Å². The van der Waals surface area contributed by atoms with E-state index in [1.54, 1.807) is 0 Å². The van der Waals surface area contributed by atoms with Crippen LogP contribution in [0.1, 0.15) is 47.4 Å². The zero-order valence-electron chi connectivity index (χ0n) is 15.3. The van der Waals surface area contributed by atoms with E-state index in [9.17, 15) is 22.8 Å². The average Bonchev–Trinajstić information content (AvgIpc) is 3.10.